The number of methoxy groups -OCH3 is 1. The zero-order valence-electron chi connectivity index (χ0n) is 26.1. The Bertz CT molecular complexity index is 1830. The van der Waals surface area contributed by atoms with E-state index in [4.69, 9.17) is 32.5 Å². The van der Waals surface area contributed by atoms with Crippen molar-refractivity contribution in [2.45, 2.75) is 25.0 Å². The molecule has 2 amide bonds. The molecule has 1 saturated heterocycles. The lowest BCUT2D eigenvalue weighted by Gasteiger charge is -2.21. The molecule has 0 bridgehead atoms. The number of nitrogens with one attached hydrogen (secondary N) is 1. The second-order valence-electron chi connectivity index (χ2n) is 11.0. The number of amides is 2. The number of rotatable bonds is 12. The van der Waals surface area contributed by atoms with E-state index in [1.54, 1.807) is 18.3 Å². The first kappa shape index (κ1) is 34.1. The number of halogens is 2. The van der Waals surface area contributed by atoms with Gasteiger partial charge in [0.15, 0.2) is 0 Å². The summed E-state index contributed by atoms with van der Waals surface area (Å²) in [5.74, 6) is -1.23. The van der Waals surface area contributed by atoms with Gasteiger partial charge in [0.1, 0.15) is 30.3 Å². The molecule has 1 aliphatic rings. The van der Waals surface area contributed by atoms with Gasteiger partial charge in [-0.2, -0.15) is 5.10 Å². The molecule has 2 atom stereocenters. The Morgan fingerprint density at radius 1 is 1.17 bits per heavy atom. The largest absolute Gasteiger partial charge is 0.488 e. The number of nitrogen functional groups attached to an aromatic ring is 1. The highest BCUT2D eigenvalue weighted by Crippen LogP contribution is 2.32. The number of hydrogen-bond donors (Lipinski definition) is 3. The van der Waals surface area contributed by atoms with Crippen molar-refractivity contribution in [2.24, 2.45) is 10.7 Å². The fraction of sp³-hybridized carbons (Fsp3) is 0.265. The van der Waals surface area contributed by atoms with Gasteiger partial charge in [0, 0.05) is 36.6 Å². The molecule has 1 fully saturated rings. The molecule has 1 aliphatic heterocycles. The maximum Gasteiger partial charge on any atom is 0.328 e. The lowest BCUT2D eigenvalue weighted by Crippen LogP contribution is -2.41. The molecule has 0 spiro atoms. The number of aromatic nitrogens is 2. The molecule has 0 aliphatic carbocycles. The van der Waals surface area contributed by atoms with E-state index in [0.29, 0.717) is 42.2 Å². The average Bonchev–Trinajstić information content (AvgIpc) is 3.73. The number of ether oxygens (including phenoxy) is 2. The predicted octanol–water partition coefficient (Wildman–Crippen LogP) is 3.63. The summed E-state index contributed by atoms with van der Waals surface area (Å²) < 4.78 is 26.2. The summed E-state index contributed by atoms with van der Waals surface area (Å²) >= 11 is 6.17. The Morgan fingerprint density at radius 2 is 1.98 bits per heavy atom. The Balaban J connectivity index is 1.31. The van der Waals surface area contributed by atoms with Crippen molar-refractivity contribution in [3.05, 3.63) is 95.0 Å². The number of benzene rings is 3. The van der Waals surface area contributed by atoms with Crippen molar-refractivity contribution in [3.63, 3.8) is 0 Å². The van der Waals surface area contributed by atoms with Crippen molar-refractivity contribution in [1.82, 2.24) is 20.0 Å². The minimum Gasteiger partial charge on any atom is -0.488 e. The summed E-state index contributed by atoms with van der Waals surface area (Å²) in [6.07, 6.45) is 4.75. The number of nitrogens with zero attached hydrogens (tertiary/aromatic N) is 4. The van der Waals surface area contributed by atoms with E-state index in [-0.39, 0.29) is 36.0 Å². The SMILES string of the molecule is COC(=O)C1CC(Oc2cccc(-c3cccc(N)c3C=NCC(=O)NCCCN)c2)CN1C(=O)c1cnn(-c2ccc(F)cc2Cl)c1. The molecule has 14 heteroatoms. The van der Waals surface area contributed by atoms with Crippen LogP contribution in [0, 0.1) is 5.82 Å². The smallest absolute Gasteiger partial charge is 0.328 e. The number of nitrogens with two attached hydrogens (primary N) is 2. The fourth-order valence-electron chi connectivity index (χ4n) is 5.38. The van der Waals surface area contributed by atoms with Crippen LogP contribution in [0.3, 0.4) is 0 Å². The van der Waals surface area contributed by atoms with Gasteiger partial charge in [-0.15, -0.1) is 0 Å². The van der Waals surface area contributed by atoms with E-state index in [0.717, 1.165) is 17.2 Å². The molecule has 2 unspecified atom stereocenters. The first-order valence-electron chi connectivity index (χ1n) is 15.2. The van der Waals surface area contributed by atoms with Crippen LogP contribution in [-0.2, 0) is 14.3 Å². The maximum atomic E-state index is 13.6. The molecule has 12 nitrogen and oxygen atoms in total. The van der Waals surface area contributed by atoms with Crippen LogP contribution in [0.5, 0.6) is 5.75 Å². The Hall–Kier alpha value is -5.27. The number of carbonyl (C=O) groups is 3. The molecular formula is C34H35ClFN7O5. The molecule has 4 aromatic rings. The second kappa shape index (κ2) is 15.5. The monoisotopic (exact) mass is 675 g/mol. The zero-order valence-corrected chi connectivity index (χ0v) is 26.9. The Kier molecular flexibility index (Phi) is 11.0. The topological polar surface area (TPSA) is 167 Å². The third kappa shape index (κ3) is 7.99. The molecule has 5 rings (SSSR count). The molecular weight excluding hydrogens is 641 g/mol. The van der Waals surface area contributed by atoms with Crippen LogP contribution in [0.25, 0.3) is 16.8 Å². The van der Waals surface area contributed by atoms with Gasteiger partial charge in [-0.3, -0.25) is 14.6 Å². The van der Waals surface area contributed by atoms with Gasteiger partial charge in [-0.05, 0) is 60.5 Å². The van der Waals surface area contributed by atoms with Crippen molar-refractivity contribution in [1.29, 1.82) is 0 Å². The maximum absolute atomic E-state index is 13.6. The summed E-state index contributed by atoms with van der Waals surface area (Å²) in [5, 5.41) is 7.10. The van der Waals surface area contributed by atoms with Gasteiger partial charge >= 0.3 is 5.97 Å². The molecule has 3 aromatic carbocycles. The molecule has 48 heavy (non-hydrogen) atoms. The normalized spacial score (nSPS) is 15.9. The zero-order chi connectivity index (χ0) is 34.2. The van der Waals surface area contributed by atoms with Crippen molar-refractivity contribution in [2.75, 3.05) is 39.0 Å². The summed E-state index contributed by atoms with van der Waals surface area (Å²) in [4.78, 5) is 44.2. The quantitative estimate of drug-likeness (QED) is 0.0886. The van der Waals surface area contributed by atoms with Crippen LogP contribution >= 0.6 is 11.6 Å². The molecule has 250 valence electrons. The number of anilines is 1. The van der Waals surface area contributed by atoms with E-state index >= 15 is 0 Å². The third-order valence-electron chi connectivity index (χ3n) is 7.73. The number of esters is 1. The first-order chi connectivity index (χ1) is 23.2. The van der Waals surface area contributed by atoms with Crippen molar-refractivity contribution in [3.8, 4) is 22.6 Å². The van der Waals surface area contributed by atoms with E-state index in [1.165, 1.54) is 41.2 Å². The van der Waals surface area contributed by atoms with Crippen LogP contribution in [0.15, 0.2) is 78.0 Å². The summed E-state index contributed by atoms with van der Waals surface area (Å²) in [6.45, 7) is 1.03. The number of aliphatic imine (C=N–C) groups is 1. The van der Waals surface area contributed by atoms with E-state index < -0.39 is 29.8 Å². The van der Waals surface area contributed by atoms with Gasteiger partial charge in [-0.25, -0.2) is 13.9 Å². The standard InChI is InChI=1S/C34H35ClFN7O5/c1-47-34(46)31-15-25(20-42(31)33(45)22-16-41-43(19-22)30-10-9-23(36)14-28(30)35)48-24-6-2-5-21(13-24)26-7-3-8-29(38)27(26)17-39-18-32(44)40-12-4-11-37/h2-3,5-10,13-14,16-17,19,25,31H,4,11-12,15,18,20,37-38H2,1H3,(H,40,44). The predicted molar refractivity (Wildman–Crippen MR) is 180 cm³/mol. The lowest BCUT2D eigenvalue weighted by molar-refractivity contribution is -0.145. The van der Waals surface area contributed by atoms with E-state index in [1.807, 2.05) is 30.3 Å². The van der Waals surface area contributed by atoms with Crippen LogP contribution in [0.1, 0.15) is 28.8 Å². The molecule has 0 saturated carbocycles. The molecule has 1 aromatic heterocycles. The Labute approximate surface area is 281 Å². The van der Waals surface area contributed by atoms with E-state index in [9.17, 15) is 18.8 Å². The van der Waals surface area contributed by atoms with Gasteiger partial charge in [0.25, 0.3) is 5.91 Å². The minimum atomic E-state index is -0.891. The van der Waals surface area contributed by atoms with Crippen molar-refractivity contribution >= 4 is 41.3 Å². The minimum absolute atomic E-state index is 0.0550. The highest BCUT2D eigenvalue weighted by atomic mass is 35.5. The summed E-state index contributed by atoms with van der Waals surface area (Å²) in [6, 6.07) is 15.7. The van der Waals surface area contributed by atoms with Crippen LogP contribution < -0.4 is 21.5 Å². The van der Waals surface area contributed by atoms with Gasteiger partial charge in [0.05, 0.1) is 36.1 Å². The third-order valence-corrected chi connectivity index (χ3v) is 8.03. The Morgan fingerprint density at radius 3 is 2.75 bits per heavy atom. The molecule has 2 heterocycles. The van der Waals surface area contributed by atoms with Crippen molar-refractivity contribution < 1.29 is 28.2 Å². The number of hydrogen-bond acceptors (Lipinski definition) is 9. The number of carbonyl (C=O) groups excluding carboxylic acids is 3. The summed E-state index contributed by atoms with van der Waals surface area (Å²) in [7, 11) is 1.26. The number of likely N-dealkylation sites (tertiary alicyclic amines) is 1. The first-order valence-corrected chi connectivity index (χ1v) is 15.6. The van der Waals surface area contributed by atoms with Crippen LogP contribution in [-0.4, -0.2) is 84.1 Å². The molecule has 5 N–H and O–H groups in total. The molecule has 0 radical (unpaired) electrons. The fourth-order valence-corrected chi connectivity index (χ4v) is 5.63. The van der Waals surface area contributed by atoms with Crippen LogP contribution in [0.2, 0.25) is 5.02 Å². The summed E-state index contributed by atoms with van der Waals surface area (Å²) in [5.41, 5.74) is 15.1. The van der Waals surface area contributed by atoms with E-state index in [2.05, 4.69) is 15.4 Å². The van der Waals surface area contributed by atoms with Gasteiger partial charge < -0.3 is 31.2 Å². The van der Waals surface area contributed by atoms with Gasteiger partial charge in [0.2, 0.25) is 5.91 Å². The highest BCUT2D eigenvalue weighted by molar-refractivity contribution is 6.32. The lowest BCUT2D eigenvalue weighted by atomic mass is 9.98. The van der Waals surface area contributed by atoms with Crippen LogP contribution in [0.4, 0.5) is 10.1 Å². The van der Waals surface area contributed by atoms with Gasteiger partial charge in [-0.1, -0.05) is 35.9 Å². The average molecular weight is 676 g/mol. The highest BCUT2D eigenvalue weighted by Gasteiger charge is 2.42. The second-order valence-corrected chi connectivity index (χ2v) is 11.4.